The Kier molecular flexibility index (Phi) is 6.49. The molecule has 3 aliphatic rings. The van der Waals surface area contributed by atoms with Gasteiger partial charge >= 0.3 is 6.03 Å². The first-order valence-corrected chi connectivity index (χ1v) is 12.1. The van der Waals surface area contributed by atoms with Gasteiger partial charge in [-0.15, -0.1) is 0 Å². The highest BCUT2D eigenvalue weighted by atomic mass is 19.2. The second kappa shape index (κ2) is 9.62. The van der Waals surface area contributed by atoms with Gasteiger partial charge in [0.25, 0.3) is 11.8 Å². The summed E-state index contributed by atoms with van der Waals surface area (Å²) in [5, 5.41) is 2.39. The largest absolute Gasteiger partial charge is 0.335 e. The molecule has 4 atom stereocenters. The van der Waals surface area contributed by atoms with Crippen LogP contribution in [0.5, 0.6) is 0 Å². The van der Waals surface area contributed by atoms with Gasteiger partial charge in [-0.1, -0.05) is 12.1 Å². The van der Waals surface area contributed by atoms with Crippen LogP contribution in [0.2, 0.25) is 0 Å². The van der Waals surface area contributed by atoms with Gasteiger partial charge in [0, 0.05) is 24.2 Å². The zero-order chi connectivity index (χ0) is 26.4. The van der Waals surface area contributed by atoms with E-state index in [2.05, 4.69) is 5.32 Å². The molecule has 0 aliphatic carbocycles. The summed E-state index contributed by atoms with van der Waals surface area (Å²) in [6, 6.07) is 5.71. The lowest BCUT2D eigenvalue weighted by molar-refractivity contribution is -0.135. The maximum Gasteiger partial charge on any atom is 0.332 e. The summed E-state index contributed by atoms with van der Waals surface area (Å²) in [4.78, 5) is 52.7. The van der Waals surface area contributed by atoms with E-state index >= 15 is 0 Å². The van der Waals surface area contributed by atoms with Crippen molar-refractivity contribution < 1.29 is 32.3 Å². The van der Waals surface area contributed by atoms with Crippen LogP contribution in [0.15, 0.2) is 36.4 Å². The van der Waals surface area contributed by atoms with E-state index in [-0.39, 0.29) is 53.6 Å². The average Bonchev–Trinajstić information content (AvgIpc) is 3.29. The van der Waals surface area contributed by atoms with Gasteiger partial charge < -0.3 is 16.0 Å². The highest BCUT2D eigenvalue weighted by Gasteiger charge is 2.45. The van der Waals surface area contributed by atoms with Gasteiger partial charge in [-0.05, 0) is 61.8 Å². The Hall–Kier alpha value is -3.73. The Bertz CT molecular complexity index is 1250. The van der Waals surface area contributed by atoms with Crippen molar-refractivity contribution in [3.63, 3.8) is 0 Å². The molecule has 3 N–H and O–H groups in total. The molecule has 37 heavy (non-hydrogen) atoms. The van der Waals surface area contributed by atoms with E-state index in [1.54, 1.807) is 17.0 Å². The molecular weight excluding hydrogens is 489 g/mol. The standard InChI is InChI=1S/C26H25F3N4O4/c27-19-11-21(29)20(28)9-13(19)10-22(30)14-7-15-5-6-16(8-14)32(15)23(34)12-31-26(37)33-24(35)17-3-1-2-4-18(17)25(33)36/h1-4,9,11,14-16,22H,5-8,10,12,30H2,(H,31,37)/t14-,15-,16+,22-/m1/s1. The minimum absolute atomic E-state index is 0.00752. The summed E-state index contributed by atoms with van der Waals surface area (Å²) < 4.78 is 40.9. The molecule has 0 unspecified atom stereocenters. The number of nitrogens with zero attached hydrogens (tertiary/aromatic N) is 2. The van der Waals surface area contributed by atoms with Gasteiger partial charge in [-0.25, -0.2) is 18.0 Å². The minimum Gasteiger partial charge on any atom is -0.335 e. The van der Waals surface area contributed by atoms with Crippen molar-refractivity contribution in [1.82, 2.24) is 15.1 Å². The summed E-state index contributed by atoms with van der Waals surface area (Å²) in [5.41, 5.74) is 6.60. The molecule has 5 amide bonds. The van der Waals surface area contributed by atoms with Crippen molar-refractivity contribution in [3.05, 3.63) is 70.5 Å². The lowest BCUT2D eigenvalue weighted by Gasteiger charge is -2.41. The van der Waals surface area contributed by atoms with E-state index in [1.807, 2.05) is 0 Å². The van der Waals surface area contributed by atoms with Crippen molar-refractivity contribution in [1.29, 1.82) is 0 Å². The molecule has 0 spiro atoms. The summed E-state index contributed by atoms with van der Waals surface area (Å²) in [7, 11) is 0. The number of imide groups is 3. The fourth-order valence-electron chi connectivity index (χ4n) is 5.81. The molecule has 2 saturated heterocycles. The number of carbonyl (C=O) groups is 4. The molecule has 2 fully saturated rings. The summed E-state index contributed by atoms with van der Waals surface area (Å²) in [6.45, 7) is -0.379. The number of hydrogen-bond acceptors (Lipinski definition) is 5. The van der Waals surface area contributed by atoms with Gasteiger partial charge in [-0.2, -0.15) is 4.90 Å². The molecule has 0 radical (unpaired) electrons. The molecule has 11 heteroatoms. The Morgan fingerprint density at radius 1 is 0.946 bits per heavy atom. The highest BCUT2D eigenvalue weighted by Crippen LogP contribution is 2.40. The van der Waals surface area contributed by atoms with Crippen LogP contribution in [-0.4, -0.2) is 58.2 Å². The number of halogens is 3. The summed E-state index contributed by atoms with van der Waals surface area (Å²) in [6.07, 6.45) is 2.64. The van der Waals surface area contributed by atoms with Gasteiger partial charge in [0.05, 0.1) is 17.7 Å². The second-order valence-electron chi connectivity index (χ2n) is 9.79. The Morgan fingerprint density at radius 2 is 1.51 bits per heavy atom. The number of fused-ring (bicyclic) bond motifs is 3. The molecule has 2 aromatic rings. The maximum atomic E-state index is 14.1. The quantitative estimate of drug-likeness (QED) is 0.471. The van der Waals surface area contributed by atoms with Crippen molar-refractivity contribution >= 4 is 23.8 Å². The third-order valence-electron chi connectivity index (χ3n) is 7.60. The Labute approximate surface area is 210 Å². The van der Waals surface area contributed by atoms with E-state index in [1.165, 1.54) is 12.1 Å². The number of amides is 5. The van der Waals surface area contributed by atoms with Gasteiger partial charge in [0.15, 0.2) is 11.6 Å². The van der Waals surface area contributed by atoms with E-state index in [4.69, 9.17) is 5.73 Å². The molecular formula is C26H25F3N4O4. The lowest BCUT2D eigenvalue weighted by atomic mass is 9.82. The number of hydrogen-bond donors (Lipinski definition) is 2. The second-order valence-corrected chi connectivity index (χ2v) is 9.79. The number of nitrogens with one attached hydrogen (secondary N) is 1. The molecule has 3 aliphatic heterocycles. The summed E-state index contributed by atoms with van der Waals surface area (Å²) in [5.74, 6) is -5.10. The maximum absolute atomic E-state index is 14.1. The zero-order valence-corrected chi connectivity index (χ0v) is 19.8. The molecule has 2 bridgehead atoms. The van der Waals surface area contributed by atoms with Crippen LogP contribution in [0.1, 0.15) is 52.0 Å². The van der Waals surface area contributed by atoms with Crippen LogP contribution in [0.25, 0.3) is 0 Å². The topological polar surface area (TPSA) is 113 Å². The molecule has 194 valence electrons. The fourth-order valence-corrected chi connectivity index (χ4v) is 5.81. The van der Waals surface area contributed by atoms with E-state index in [9.17, 15) is 32.3 Å². The van der Waals surface area contributed by atoms with E-state index < -0.39 is 41.3 Å². The predicted molar refractivity (Wildman–Crippen MR) is 125 cm³/mol. The SMILES string of the molecule is N[C@H](Cc1cc(F)c(F)cc1F)[C@@H]1C[C@H]2CC[C@@H](C1)N2C(=O)CNC(=O)N1C(=O)c2ccccc2C1=O. The van der Waals surface area contributed by atoms with Crippen molar-refractivity contribution in [2.45, 2.75) is 50.2 Å². The lowest BCUT2D eigenvalue weighted by Crippen LogP contribution is -2.54. The van der Waals surface area contributed by atoms with Crippen molar-refractivity contribution in [2.75, 3.05) is 6.54 Å². The zero-order valence-electron chi connectivity index (χ0n) is 19.8. The number of rotatable bonds is 5. The first-order valence-electron chi connectivity index (χ1n) is 12.1. The van der Waals surface area contributed by atoms with Crippen LogP contribution in [0, 0.1) is 23.4 Å². The molecule has 0 saturated carbocycles. The van der Waals surface area contributed by atoms with Crippen LogP contribution in [0.4, 0.5) is 18.0 Å². The van der Waals surface area contributed by atoms with E-state index in [0.717, 1.165) is 18.9 Å². The van der Waals surface area contributed by atoms with E-state index in [0.29, 0.717) is 23.8 Å². The number of benzene rings is 2. The molecule has 8 nitrogen and oxygen atoms in total. The molecule has 3 heterocycles. The highest BCUT2D eigenvalue weighted by molar-refractivity contribution is 6.28. The smallest absolute Gasteiger partial charge is 0.332 e. The molecule has 2 aromatic carbocycles. The number of carbonyl (C=O) groups excluding carboxylic acids is 4. The van der Waals surface area contributed by atoms with Crippen LogP contribution < -0.4 is 11.1 Å². The van der Waals surface area contributed by atoms with Gasteiger partial charge in [-0.3, -0.25) is 14.4 Å². The normalized spacial score (nSPS) is 23.3. The minimum atomic E-state index is -1.25. The van der Waals surface area contributed by atoms with Gasteiger partial charge in [0.2, 0.25) is 5.91 Å². The first-order chi connectivity index (χ1) is 17.7. The first kappa shape index (κ1) is 24.9. The summed E-state index contributed by atoms with van der Waals surface area (Å²) >= 11 is 0. The third-order valence-corrected chi connectivity index (χ3v) is 7.60. The molecule has 5 rings (SSSR count). The predicted octanol–water partition coefficient (Wildman–Crippen LogP) is 2.75. The molecule has 0 aromatic heterocycles. The number of nitrogens with two attached hydrogens (primary N) is 1. The average molecular weight is 515 g/mol. The Balaban J connectivity index is 1.18. The van der Waals surface area contributed by atoms with Crippen LogP contribution in [-0.2, 0) is 11.2 Å². The van der Waals surface area contributed by atoms with Crippen molar-refractivity contribution in [2.24, 2.45) is 11.7 Å². The van der Waals surface area contributed by atoms with Crippen molar-refractivity contribution in [3.8, 4) is 0 Å². The number of piperidine rings is 1. The Morgan fingerprint density at radius 3 is 2.11 bits per heavy atom. The van der Waals surface area contributed by atoms with Crippen LogP contribution >= 0.6 is 0 Å². The third kappa shape index (κ3) is 4.48. The van der Waals surface area contributed by atoms with Gasteiger partial charge in [0.1, 0.15) is 5.82 Å². The fraction of sp³-hybridized carbons (Fsp3) is 0.385. The number of urea groups is 1. The van der Waals surface area contributed by atoms with Crippen LogP contribution in [0.3, 0.4) is 0 Å². The monoisotopic (exact) mass is 514 g/mol.